The van der Waals surface area contributed by atoms with Crippen molar-refractivity contribution in [3.05, 3.63) is 82.3 Å². The quantitative estimate of drug-likeness (QED) is 0.529. The Morgan fingerprint density at radius 2 is 1.87 bits per heavy atom. The van der Waals surface area contributed by atoms with Crippen LogP contribution >= 0.6 is 0 Å². The zero-order valence-electron chi connectivity index (χ0n) is 16.9. The number of para-hydroxylation sites is 2. The maximum absolute atomic E-state index is 13.3. The van der Waals surface area contributed by atoms with E-state index < -0.39 is 0 Å². The van der Waals surface area contributed by atoms with Gasteiger partial charge in [0.1, 0.15) is 5.82 Å². The highest BCUT2D eigenvalue weighted by Gasteiger charge is 2.32. The van der Waals surface area contributed by atoms with Crippen LogP contribution in [0.15, 0.2) is 59.8 Å². The van der Waals surface area contributed by atoms with Crippen LogP contribution in [0.5, 0.6) is 0 Å². The van der Waals surface area contributed by atoms with Crippen molar-refractivity contribution in [2.75, 3.05) is 6.54 Å². The topological polar surface area (TPSA) is 73.0 Å². The van der Waals surface area contributed by atoms with Gasteiger partial charge in [0.05, 0.1) is 22.2 Å². The Hall–Kier alpha value is -3.74. The van der Waals surface area contributed by atoms with Crippen LogP contribution < -0.4 is 5.56 Å². The number of hydrogen-bond acceptors (Lipinski definition) is 4. The SMILES string of the molecule is Cn1cc2c(c(-c3cccnc3)c1=O)C(=O)N(CCc1nc3ccccc3n1C)C2. The summed E-state index contributed by atoms with van der Waals surface area (Å²) in [4.78, 5) is 36.7. The Morgan fingerprint density at radius 1 is 1.03 bits per heavy atom. The zero-order chi connectivity index (χ0) is 20.8. The number of pyridine rings is 2. The monoisotopic (exact) mass is 399 g/mol. The van der Waals surface area contributed by atoms with Gasteiger partial charge < -0.3 is 14.0 Å². The molecule has 0 saturated heterocycles. The van der Waals surface area contributed by atoms with Gasteiger partial charge in [0.15, 0.2) is 0 Å². The molecule has 0 fully saturated rings. The lowest BCUT2D eigenvalue weighted by atomic mass is 10.0. The minimum Gasteiger partial charge on any atom is -0.334 e. The first-order valence-corrected chi connectivity index (χ1v) is 9.87. The Kier molecular flexibility index (Phi) is 4.24. The largest absolute Gasteiger partial charge is 0.334 e. The van der Waals surface area contributed by atoms with Gasteiger partial charge in [0.25, 0.3) is 11.5 Å². The summed E-state index contributed by atoms with van der Waals surface area (Å²) in [7, 11) is 3.71. The maximum Gasteiger partial charge on any atom is 0.259 e. The number of rotatable bonds is 4. The lowest BCUT2D eigenvalue weighted by molar-refractivity contribution is 0.0780. The van der Waals surface area contributed by atoms with Crippen LogP contribution in [0, 0.1) is 0 Å². The fourth-order valence-corrected chi connectivity index (χ4v) is 4.21. The van der Waals surface area contributed by atoms with Crippen molar-refractivity contribution in [2.24, 2.45) is 14.1 Å². The number of carbonyl (C=O) groups excluding carboxylic acids is 1. The molecule has 1 aliphatic heterocycles. The molecule has 1 aromatic carbocycles. The molecule has 0 unspecified atom stereocenters. The van der Waals surface area contributed by atoms with Crippen molar-refractivity contribution >= 4 is 16.9 Å². The number of aromatic nitrogens is 4. The van der Waals surface area contributed by atoms with E-state index in [9.17, 15) is 9.59 Å². The number of amides is 1. The van der Waals surface area contributed by atoms with E-state index in [1.807, 2.05) is 37.4 Å². The van der Waals surface area contributed by atoms with Crippen LogP contribution in [-0.2, 0) is 27.1 Å². The Labute approximate surface area is 173 Å². The number of fused-ring (bicyclic) bond motifs is 2. The molecule has 1 amide bonds. The van der Waals surface area contributed by atoms with E-state index in [0.717, 1.165) is 22.4 Å². The predicted molar refractivity (Wildman–Crippen MR) is 114 cm³/mol. The molecular formula is C23H21N5O2. The van der Waals surface area contributed by atoms with Gasteiger partial charge in [-0.15, -0.1) is 0 Å². The van der Waals surface area contributed by atoms with Gasteiger partial charge in [-0.05, 0) is 18.2 Å². The summed E-state index contributed by atoms with van der Waals surface area (Å²) in [6, 6.07) is 11.6. The lowest BCUT2D eigenvalue weighted by Crippen LogP contribution is -2.28. The molecule has 150 valence electrons. The summed E-state index contributed by atoms with van der Waals surface area (Å²) in [5.74, 6) is 0.822. The Bertz CT molecular complexity index is 1340. The Morgan fingerprint density at radius 3 is 2.63 bits per heavy atom. The molecule has 30 heavy (non-hydrogen) atoms. The van der Waals surface area contributed by atoms with Crippen molar-refractivity contribution in [1.29, 1.82) is 0 Å². The molecule has 7 nitrogen and oxygen atoms in total. The van der Waals surface area contributed by atoms with Crippen LogP contribution in [-0.4, -0.2) is 36.5 Å². The average Bonchev–Trinajstić information content (AvgIpc) is 3.25. The third-order valence-corrected chi connectivity index (χ3v) is 5.75. The van der Waals surface area contributed by atoms with E-state index in [2.05, 4.69) is 9.55 Å². The zero-order valence-corrected chi connectivity index (χ0v) is 16.9. The highest BCUT2D eigenvalue weighted by molar-refractivity contribution is 6.04. The number of carbonyl (C=O) groups is 1. The van der Waals surface area contributed by atoms with Crippen molar-refractivity contribution in [2.45, 2.75) is 13.0 Å². The second kappa shape index (κ2) is 6.95. The van der Waals surface area contributed by atoms with Crippen LogP contribution in [0.4, 0.5) is 0 Å². The van der Waals surface area contributed by atoms with Gasteiger partial charge in [-0.3, -0.25) is 14.6 Å². The summed E-state index contributed by atoms with van der Waals surface area (Å²) in [5.41, 5.74) is 4.30. The molecule has 1 aliphatic rings. The van der Waals surface area contributed by atoms with Gasteiger partial charge >= 0.3 is 0 Å². The third kappa shape index (κ3) is 2.82. The van der Waals surface area contributed by atoms with Crippen molar-refractivity contribution in [3.63, 3.8) is 0 Å². The molecule has 0 aliphatic carbocycles. The maximum atomic E-state index is 13.3. The van der Waals surface area contributed by atoms with E-state index in [-0.39, 0.29) is 11.5 Å². The number of imidazole rings is 1. The van der Waals surface area contributed by atoms with Crippen LogP contribution in [0.3, 0.4) is 0 Å². The fourth-order valence-electron chi connectivity index (χ4n) is 4.21. The first kappa shape index (κ1) is 18.3. The van der Waals surface area contributed by atoms with Gasteiger partial charge in [-0.1, -0.05) is 18.2 Å². The van der Waals surface area contributed by atoms with Gasteiger partial charge in [-0.2, -0.15) is 0 Å². The van der Waals surface area contributed by atoms with Crippen molar-refractivity contribution in [3.8, 4) is 11.1 Å². The van der Waals surface area contributed by atoms with E-state index in [0.29, 0.717) is 36.2 Å². The smallest absolute Gasteiger partial charge is 0.259 e. The summed E-state index contributed by atoms with van der Waals surface area (Å²) >= 11 is 0. The third-order valence-electron chi connectivity index (χ3n) is 5.75. The van der Waals surface area contributed by atoms with Crippen molar-refractivity contribution in [1.82, 2.24) is 24.0 Å². The number of hydrogen-bond donors (Lipinski definition) is 0. The summed E-state index contributed by atoms with van der Waals surface area (Å²) in [5, 5.41) is 0. The highest BCUT2D eigenvalue weighted by Crippen LogP contribution is 2.30. The average molecular weight is 399 g/mol. The van der Waals surface area contributed by atoms with Crippen LogP contribution in [0.25, 0.3) is 22.2 Å². The molecule has 3 aromatic heterocycles. The predicted octanol–water partition coefficient (Wildman–Crippen LogP) is 2.53. The minimum atomic E-state index is -0.188. The molecule has 0 radical (unpaired) electrons. The van der Waals surface area contributed by atoms with Crippen molar-refractivity contribution < 1.29 is 4.79 Å². The van der Waals surface area contributed by atoms with E-state index in [4.69, 9.17) is 4.98 Å². The minimum absolute atomic E-state index is 0.111. The Balaban J connectivity index is 1.47. The summed E-state index contributed by atoms with van der Waals surface area (Å²) < 4.78 is 3.61. The van der Waals surface area contributed by atoms with Gasteiger partial charge in [-0.25, -0.2) is 4.98 Å². The second-order valence-electron chi connectivity index (χ2n) is 7.61. The van der Waals surface area contributed by atoms with Gasteiger partial charge in [0.2, 0.25) is 0 Å². The van der Waals surface area contributed by atoms with E-state index >= 15 is 0 Å². The summed E-state index contributed by atoms with van der Waals surface area (Å²) in [6.45, 7) is 1.02. The standard InChI is InChI=1S/C23H21N5O2/c1-26-13-16-14-28(11-9-19-25-17-7-3-4-8-18(17)27(19)2)23(30)21(16)20(22(26)29)15-6-5-10-24-12-15/h3-8,10,12-13H,9,11,14H2,1-2H3. The highest BCUT2D eigenvalue weighted by atomic mass is 16.2. The first-order valence-electron chi connectivity index (χ1n) is 9.87. The molecule has 7 heteroatoms. The molecular weight excluding hydrogens is 378 g/mol. The molecule has 0 N–H and O–H groups in total. The number of benzene rings is 1. The second-order valence-corrected chi connectivity index (χ2v) is 7.61. The first-order chi connectivity index (χ1) is 14.5. The molecule has 4 heterocycles. The fraction of sp³-hybridized carbons (Fsp3) is 0.217. The molecule has 0 atom stereocenters. The van der Waals surface area contributed by atoms with Crippen LogP contribution in [0.1, 0.15) is 21.7 Å². The molecule has 5 rings (SSSR count). The lowest BCUT2D eigenvalue weighted by Gasteiger charge is -2.15. The number of nitrogens with zero attached hydrogens (tertiary/aromatic N) is 5. The summed E-state index contributed by atoms with van der Waals surface area (Å²) in [6.07, 6.45) is 5.70. The molecule has 0 bridgehead atoms. The molecule has 0 spiro atoms. The van der Waals surface area contributed by atoms with E-state index in [1.165, 1.54) is 0 Å². The van der Waals surface area contributed by atoms with Crippen LogP contribution in [0.2, 0.25) is 0 Å². The molecule has 0 saturated carbocycles. The molecule has 4 aromatic rings. The van der Waals surface area contributed by atoms with Gasteiger partial charge in [0, 0.05) is 63.3 Å². The normalized spacial score (nSPS) is 13.3. The number of aryl methyl sites for hydroxylation is 2. The van der Waals surface area contributed by atoms with E-state index in [1.54, 1.807) is 41.2 Å².